The third kappa shape index (κ3) is 6.19. The second kappa shape index (κ2) is 10.0. The number of rotatable bonds is 8. The van der Waals surface area contributed by atoms with Gasteiger partial charge in [-0.2, -0.15) is 0 Å². The molecule has 0 aliphatic heterocycles. The van der Waals surface area contributed by atoms with E-state index >= 15 is 0 Å². The maximum absolute atomic E-state index is 12.1. The zero-order chi connectivity index (χ0) is 19.8. The minimum atomic E-state index is -0.299. The number of nitrogens with one attached hydrogen (secondary N) is 1. The van der Waals surface area contributed by atoms with Gasteiger partial charge in [0.25, 0.3) is 5.91 Å². The lowest BCUT2D eigenvalue weighted by atomic mass is 10.2. The molecule has 0 heterocycles. The number of carbonyl (C=O) groups excluding carboxylic acids is 1. The molecular weight excluding hydrogens is 397 g/mol. The maximum Gasteiger partial charge on any atom is 0.262 e. The van der Waals surface area contributed by atoms with Crippen LogP contribution in [-0.2, 0) is 11.2 Å². The van der Waals surface area contributed by atoms with Gasteiger partial charge < -0.3 is 14.8 Å². The van der Waals surface area contributed by atoms with E-state index in [1.807, 2.05) is 30.3 Å². The Balaban J connectivity index is 1.48. The molecule has 0 atom stereocenters. The van der Waals surface area contributed by atoms with Gasteiger partial charge in [0.1, 0.15) is 11.5 Å². The quantitative estimate of drug-likeness (QED) is 0.518. The van der Waals surface area contributed by atoms with Gasteiger partial charge >= 0.3 is 0 Å². The van der Waals surface area contributed by atoms with E-state index in [0.717, 1.165) is 6.42 Å². The van der Waals surface area contributed by atoms with Crippen LogP contribution < -0.4 is 14.8 Å². The summed E-state index contributed by atoms with van der Waals surface area (Å²) in [7, 11) is 0. The Morgan fingerprint density at radius 1 is 0.893 bits per heavy atom. The van der Waals surface area contributed by atoms with Crippen LogP contribution in [0.1, 0.15) is 5.56 Å². The normalized spacial score (nSPS) is 10.4. The molecule has 1 amide bonds. The average molecular weight is 416 g/mol. The van der Waals surface area contributed by atoms with Crippen molar-refractivity contribution in [1.82, 2.24) is 0 Å². The van der Waals surface area contributed by atoms with Crippen molar-refractivity contribution in [3.8, 4) is 11.5 Å². The highest BCUT2D eigenvalue weighted by atomic mass is 35.5. The lowest BCUT2D eigenvalue weighted by Gasteiger charge is -2.11. The minimum Gasteiger partial charge on any atom is -0.493 e. The van der Waals surface area contributed by atoms with Crippen molar-refractivity contribution in [2.45, 2.75) is 6.42 Å². The first-order chi connectivity index (χ1) is 13.6. The van der Waals surface area contributed by atoms with Crippen molar-refractivity contribution in [2.75, 3.05) is 18.5 Å². The molecule has 3 rings (SSSR count). The third-order valence-electron chi connectivity index (χ3n) is 3.87. The Bertz CT molecular complexity index is 932. The summed E-state index contributed by atoms with van der Waals surface area (Å²) in [5.41, 5.74) is 1.85. The van der Waals surface area contributed by atoms with E-state index in [4.69, 9.17) is 32.7 Å². The van der Waals surface area contributed by atoms with E-state index in [2.05, 4.69) is 17.4 Å². The molecule has 0 saturated heterocycles. The molecule has 4 nitrogen and oxygen atoms in total. The van der Waals surface area contributed by atoms with E-state index in [-0.39, 0.29) is 12.5 Å². The molecule has 0 bridgehead atoms. The smallest absolute Gasteiger partial charge is 0.262 e. The van der Waals surface area contributed by atoms with Crippen LogP contribution in [0.15, 0.2) is 72.8 Å². The van der Waals surface area contributed by atoms with Crippen molar-refractivity contribution in [1.29, 1.82) is 0 Å². The van der Waals surface area contributed by atoms with Gasteiger partial charge in [-0.1, -0.05) is 59.6 Å². The predicted molar refractivity (Wildman–Crippen MR) is 113 cm³/mol. The fourth-order valence-corrected chi connectivity index (χ4v) is 2.99. The predicted octanol–water partition coefficient (Wildman–Crippen LogP) is 5.63. The van der Waals surface area contributed by atoms with Gasteiger partial charge in [0.2, 0.25) is 0 Å². The summed E-state index contributed by atoms with van der Waals surface area (Å²) >= 11 is 11.9. The molecule has 0 saturated carbocycles. The van der Waals surface area contributed by atoms with Crippen LogP contribution in [0.2, 0.25) is 10.0 Å². The van der Waals surface area contributed by atoms with Crippen molar-refractivity contribution in [3.63, 3.8) is 0 Å². The van der Waals surface area contributed by atoms with E-state index < -0.39 is 0 Å². The van der Waals surface area contributed by atoms with Gasteiger partial charge in [-0.25, -0.2) is 0 Å². The highest BCUT2D eigenvalue weighted by molar-refractivity contribution is 6.35. The largest absolute Gasteiger partial charge is 0.493 e. The monoisotopic (exact) mass is 415 g/mol. The summed E-state index contributed by atoms with van der Waals surface area (Å²) in [5, 5.41) is 3.64. The van der Waals surface area contributed by atoms with Gasteiger partial charge in [0.15, 0.2) is 6.61 Å². The first kappa shape index (κ1) is 20.1. The van der Waals surface area contributed by atoms with Crippen LogP contribution in [0.25, 0.3) is 0 Å². The van der Waals surface area contributed by atoms with Crippen molar-refractivity contribution >= 4 is 34.8 Å². The van der Waals surface area contributed by atoms with Gasteiger partial charge in [-0.15, -0.1) is 0 Å². The SMILES string of the molecule is O=C(COc1ccc(Cl)cc1Cl)Nc1cccc(OCCc2ccccc2)c1. The molecule has 0 radical (unpaired) electrons. The fraction of sp³-hybridized carbons (Fsp3) is 0.136. The summed E-state index contributed by atoms with van der Waals surface area (Å²) in [6, 6.07) is 22.2. The number of anilines is 1. The van der Waals surface area contributed by atoms with Crippen molar-refractivity contribution in [3.05, 3.63) is 88.4 Å². The lowest BCUT2D eigenvalue weighted by molar-refractivity contribution is -0.118. The molecule has 6 heteroatoms. The molecule has 0 unspecified atom stereocenters. The molecule has 0 fully saturated rings. The molecule has 3 aromatic carbocycles. The third-order valence-corrected chi connectivity index (χ3v) is 4.40. The Kier molecular flexibility index (Phi) is 7.18. The molecule has 0 aliphatic carbocycles. The van der Waals surface area contributed by atoms with Crippen LogP contribution in [0.4, 0.5) is 5.69 Å². The number of hydrogen-bond donors (Lipinski definition) is 1. The molecule has 28 heavy (non-hydrogen) atoms. The number of benzene rings is 3. The van der Waals surface area contributed by atoms with Gasteiger partial charge in [0.05, 0.1) is 11.6 Å². The Morgan fingerprint density at radius 2 is 1.71 bits per heavy atom. The Morgan fingerprint density at radius 3 is 2.50 bits per heavy atom. The topological polar surface area (TPSA) is 47.6 Å². The summed E-state index contributed by atoms with van der Waals surface area (Å²) < 4.78 is 11.2. The molecule has 0 aliphatic rings. The second-order valence-electron chi connectivity index (χ2n) is 6.02. The zero-order valence-electron chi connectivity index (χ0n) is 15.0. The van der Waals surface area contributed by atoms with Crippen LogP contribution in [0, 0.1) is 0 Å². The van der Waals surface area contributed by atoms with Crippen LogP contribution in [0.3, 0.4) is 0 Å². The number of halogens is 2. The maximum atomic E-state index is 12.1. The summed E-state index contributed by atoms with van der Waals surface area (Å²) in [6.45, 7) is 0.389. The first-order valence-corrected chi connectivity index (χ1v) is 9.50. The van der Waals surface area contributed by atoms with E-state index in [1.165, 1.54) is 5.56 Å². The molecule has 3 aromatic rings. The van der Waals surface area contributed by atoms with E-state index in [1.54, 1.807) is 30.3 Å². The molecular formula is C22H19Cl2NO3. The summed E-state index contributed by atoms with van der Waals surface area (Å²) in [4.78, 5) is 12.1. The fourth-order valence-electron chi connectivity index (χ4n) is 2.53. The zero-order valence-corrected chi connectivity index (χ0v) is 16.5. The van der Waals surface area contributed by atoms with Crippen LogP contribution >= 0.6 is 23.2 Å². The second-order valence-corrected chi connectivity index (χ2v) is 6.87. The van der Waals surface area contributed by atoms with Crippen molar-refractivity contribution in [2.24, 2.45) is 0 Å². The highest BCUT2D eigenvalue weighted by Crippen LogP contribution is 2.27. The standard InChI is InChI=1S/C22H19Cl2NO3/c23-17-9-10-21(20(24)13-17)28-15-22(26)25-18-7-4-8-19(14-18)27-12-11-16-5-2-1-3-6-16/h1-10,13-14H,11-12,15H2,(H,25,26). The Hall–Kier alpha value is -2.69. The number of ether oxygens (including phenoxy) is 2. The molecule has 144 valence electrons. The van der Waals surface area contributed by atoms with E-state index in [9.17, 15) is 4.79 Å². The van der Waals surface area contributed by atoms with Gasteiger partial charge in [0, 0.05) is 23.2 Å². The van der Waals surface area contributed by atoms with E-state index in [0.29, 0.717) is 33.8 Å². The Labute approximate surface area is 174 Å². The summed E-state index contributed by atoms with van der Waals surface area (Å²) in [5.74, 6) is 0.794. The summed E-state index contributed by atoms with van der Waals surface area (Å²) in [6.07, 6.45) is 0.813. The number of hydrogen-bond acceptors (Lipinski definition) is 3. The van der Waals surface area contributed by atoms with Crippen LogP contribution in [0.5, 0.6) is 11.5 Å². The van der Waals surface area contributed by atoms with Gasteiger partial charge in [-0.05, 0) is 35.9 Å². The van der Waals surface area contributed by atoms with Crippen molar-refractivity contribution < 1.29 is 14.3 Å². The first-order valence-electron chi connectivity index (χ1n) is 8.74. The van der Waals surface area contributed by atoms with Crippen LogP contribution in [-0.4, -0.2) is 19.1 Å². The molecule has 0 spiro atoms. The molecule has 0 aromatic heterocycles. The highest BCUT2D eigenvalue weighted by Gasteiger charge is 2.08. The lowest BCUT2D eigenvalue weighted by Crippen LogP contribution is -2.20. The average Bonchev–Trinajstić information content (AvgIpc) is 2.68. The minimum absolute atomic E-state index is 0.166. The number of carbonyl (C=O) groups is 1. The molecule has 1 N–H and O–H groups in total. The number of amides is 1. The van der Waals surface area contributed by atoms with Gasteiger partial charge in [-0.3, -0.25) is 4.79 Å².